The molecule has 130 valence electrons. The average molecular weight is 359 g/mol. The SMILES string of the molecule is CC(C)(Nc1ncc(-c2cnn(CCO)c2)cn1)c1ncccc1Cl. The number of rotatable bonds is 6. The van der Waals surface area contributed by atoms with E-state index in [9.17, 15) is 0 Å². The molecule has 3 aromatic rings. The monoisotopic (exact) mass is 358 g/mol. The second kappa shape index (κ2) is 7.16. The Balaban J connectivity index is 1.77. The summed E-state index contributed by atoms with van der Waals surface area (Å²) in [5.74, 6) is 0.484. The average Bonchev–Trinajstić information content (AvgIpc) is 3.04. The summed E-state index contributed by atoms with van der Waals surface area (Å²) in [4.78, 5) is 13.1. The number of anilines is 1. The van der Waals surface area contributed by atoms with Gasteiger partial charge in [0.25, 0.3) is 0 Å². The standard InChI is InChI=1S/C17H19ClN6O/c1-17(2,15-14(18)4-3-5-19-15)23-16-20-8-12(9-21-16)13-10-22-24(11-13)6-7-25/h3-5,8-11,25H,6-7H2,1-2H3,(H,20,21,23). The number of aliphatic hydroxyl groups is 1. The summed E-state index contributed by atoms with van der Waals surface area (Å²) in [6, 6.07) is 3.60. The molecule has 0 atom stereocenters. The number of hydrogen-bond donors (Lipinski definition) is 2. The van der Waals surface area contributed by atoms with Gasteiger partial charge in [0.05, 0.1) is 35.6 Å². The first-order chi connectivity index (χ1) is 12.0. The van der Waals surface area contributed by atoms with Gasteiger partial charge >= 0.3 is 0 Å². The zero-order valence-corrected chi connectivity index (χ0v) is 14.8. The molecular formula is C17H19ClN6O. The number of nitrogens with zero attached hydrogens (tertiary/aromatic N) is 5. The molecule has 0 aliphatic rings. The van der Waals surface area contributed by atoms with E-state index in [0.29, 0.717) is 17.5 Å². The maximum Gasteiger partial charge on any atom is 0.223 e. The Hall–Kier alpha value is -2.51. The fraction of sp³-hybridized carbons (Fsp3) is 0.294. The van der Waals surface area contributed by atoms with Gasteiger partial charge in [-0.05, 0) is 26.0 Å². The van der Waals surface area contributed by atoms with Crippen LogP contribution in [0, 0.1) is 0 Å². The Bertz CT molecular complexity index is 846. The molecule has 3 rings (SSSR count). The second-order valence-corrected chi connectivity index (χ2v) is 6.50. The molecule has 0 fully saturated rings. The predicted molar refractivity (Wildman–Crippen MR) is 96.2 cm³/mol. The minimum Gasteiger partial charge on any atom is -0.394 e. The van der Waals surface area contributed by atoms with E-state index in [4.69, 9.17) is 16.7 Å². The topological polar surface area (TPSA) is 88.8 Å². The minimum absolute atomic E-state index is 0.0473. The zero-order chi connectivity index (χ0) is 17.9. The Morgan fingerprint density at radius 3 is 2.60 bits per heavy atom. The second-order valence-electron chi connectivity index (χ2n) is 6.09. The van der Waals surface area contributed by atoms with Gasteiger partial charge in [-0.25, -0.2) is 9.97 Å². The molecule has 3 heterocycles. The maximum absolute atomic E-state index is 8.95. The van der Waals surface area contributed by atoms with E-state index in [-0.39, 0.29) is 6.61 Å². The molecule has 25 heavy (non-hydrogen) atoms. The van der Waals surface area contributed by atoms with Crippen molar-refractivity contribution < 1.29 is 5.11 Å². The summed E-state index contributed by atoms with van der Waals surface area (Å²) in [5.41, 5.74) is 1.95. The van der Waals surface area contributed by atoms with Crippen molar-refractivity contribution in [3.63, 3.8) is 0 Å². The third kappa shape index (κ3) is 3.94. The van der Waals surface area contributed by atoms with Crippen molar-refractivity contribution in [1.82, 2.24) is 24.7 Å². The van der Waals surface area contributed by atoms with Gasteiger partial charge in [0.2, 0.25) is 5.95 Å². The number of aliphatic hydroxyl groups excluding tert-OH is 1. The highest BCUT2D eigenvalue weighted by Crippen LogP contribution is 2.28. The third-order valence-corrected chi connectivity index (χ3v) is 4.03. The van der Waals surface area contributed by atoms with Crippen LogP contribution in [0.1, 0.15) is 19.5 Å². The number of nitrogens with one attached hydrogen (secondary N) is 1. The van der Waals surface area contributed by atoms with Crippen LogP contribution in [-0.2, 0) is 12.1 Å². The number of aromatic nitrogens is 5. The van der Waals surface area contributed by atoms with Crippen molar-refractivity contribution in [3.8, 4) is 11.1 Å². The molecule has 0 spiro atoms. The number of hydrogen-bond acceptors (Lipinski definition) is 6. The Morgan fingerprint density at radius 2 is 1.92 bits per heavy atom. The summed E-state index contributed by atoms with van der Waals surface area (Å²) in [6.45, 7) is 4.44. The molecule has 0 aliphatic heterocycles. The fourth-order valence-corrected chi connectivity index (χ4v) is 2.82. The van der Waals surface area contributed by atoms with E-state index in [0.717, 1.165) is 16.8 Å². The molecular weight excluding hydrogens is 340 g/mol. The molecule has 0 saturated carbocycles. The largest absolute Gasteiger partial charge is 0.394 e. The normalized spacial score (nSPS) is 11.5. The fourth-order valence-electron chi connectivity index (χ4n) is 2.46. The van der Waals surface area contributed by atoms with Crippen LogP contribution in [0.25, 0.3) is 11.1 Å². The van der Waals surface area contributed by atoms with Crippen LogP contribution in [0.2, 0.25) is 5.02 Å². The highest BCUT2D eigenvalue weighted by Gasteiger charge is 2.25. The van der Waals surface area contributed by atoms with Crippen LogP contribution in [0.4, 0.5) is 5.95 Å². The summed E-state index contributed by atoms with van der Waals surface area (Å²) in [5, 5.41) is 17.0. The Morgan fingerprint density at radius 1 is 1.16 bits per heavy atom. The zero-order valence-electron chi connectivity index (χ0n) is 14.0. The molecule has 0 amide bonds. The summed E-state index contributed by atoms with van der Waals surface area (Å²) in [6.07, 6.45) is 8.73. The number of halogens is 1. The lowest BCUT2D eigenvalue weighted by atomic mass is 10.00. The number of pyridine rings is 1. The van der Waals surface area contributed by atoms with Gasteiger partial charge in [-0.15, -0.1) is 0 Å². The molecule has 0 radical (unpaired) electrons. The van der Waals surface area contributed by atoms with Gasteiger partial charge in [0, 0.05) is 35.9 Å². The van der Waals surface area contributed by atoms with Crippen LogP contribution < -0.4 is 5.32 Å². The van der Waals surface area contributed by atoms with Crippen LogP contribution in [-0.4, -0.2) is 36.4 Å². The molecule has 7 nitrogen and oxygen atoms in total. The highest BCUT2D eigenvalue weighted by atomic mass is 35.5. The molecule has 3 aromatic heterocycles. The van der Waals surface area contributed by atoms with Gasteiger partial charge in [-0.2, -0.15) is 5.10 Å². The predicted octanol–water partition coefficient (Wildman–Crippen LogP) is 2.73. The lowest BCUT2D eigenvalue weighted by Crippen LogP contribution is -2.30. The van der Waals surface area contributed by atoms with E-state index in [1.54, 1.807) is 41.6 Å². The minimum atomic E-state index is -0.522. The summed E-state index contributed by atoms with van der Waals surface area (Å²) in [7, 11) is 0. The first-order valence-electron chi connectivity index (χ1n) is 7.84. The van der Waals surface area contributed by atoms with Gasteiger partial charge in [-0.3, -0.25) is 9.67 Å². The van der Waals surface area contributed by atoms with E-state index in [1.165, 1.54) is 0 Å². The van der Waals surface area contributed by atoms with Gasteiger partial charge in [0.1, 0.15) is 0 Å². The maximum atomic E-state index is 8.95. The van der Waals surface area contributed by atoms with Crippen LogP contribution >= 0.6 is 11.6 Å². The van der Waals surface area contributed by atoms with Crippen molar-refractivity contribution in [2.75, 3.05) is 11.9 Å². The van der Waals surface area contributed by atoms with Crippen molar-refractivity contribution in [2.24, 2.45) is 0 Å². The quantitative estimate of drug-likeness (QED) is 0.704. The van der Waals surface area contributed by atoms with E-state index < -0.39 is 5.54 Å². The smallest absolute Gasteiger partial charge is 0.223 e. The molecule has 0 bridgehead atoms. The van der Waals surface area contributed by atoms with E-state index >= 15 is 0 Å². The first kappa shape index (κ1) is 17.3. The van der Waals surface area contributed by atoms with Crippen molar-refractivity contribution >= 4 is 17.5 Å². The molecule has 2 N–H and O–H groups in total. The van der Waals surface area contributed by atoms with Crippen LogP contribution in [0.3, 0.4) is 0 Å². The van der Waals surface area contributed by atoms with Gasteiger partial charge < -0.3 is 10.4 Å². The first-order valence-corrected chi connectivity index (χ1v) is 8.22. The van der Waals surface area contributed by atoms with Gasteiger partial charge in [-0.1, -0.05) is 11.6 Å². The van der Waals surface area contributed by atoms with E-state index in [1.807, 2.05) is 20.0 Å². The van der Waals surface area contributed by atoms with Crippen molar-refractivity contribution in [2.45, 2.75) is 25.9 Å². The molecule has 0 saturated heterocycles. The van der Waals surface area contributed by atoms with Gasteiger partial charge in [0.15, 0.2) is 0 Å². The van der Waals surface area contributed by atoms with Crippen molar-refractivity contribution in [3.05, 3.63) is 53.8 Å². The van der Waals surface area contributed by atoms with Crippen LogP contribution in [0.15, 0.2) is 43.1 Å². The molecule has 0 aliphatic carbocycles. The summed E-state index contributed by atoms with van der Waals surface area (Å²) >= 11 is 6.24. The van der Waals surface area contributed by atoms with Crippen molar-refractivity contribution in [1.29, 1.82) is 0 Å². The van der Waals surface area contributed by atoms with E-state index in [2.05, 4.69) is 25.4 Å². The van der Waals surface area contributed by atoms with Crippen LogP contribution in [0.5, 0.6) is 0 Å². The Labute approximate surface area is 150 Å². The lowest BCUT2D eigenvalue weighted by molar-refractivity contribution is 0.269. The summed E-state index contributed by atoms with van der Waals surface area (Å²) < 4.78 is 1.67. The lowest BCUT2D eigenvalue weighted by Gasteiger charge is -2.26. The highest BCUT2D eigenvalue weighted by molar-refractivity contribution is 6.31. The molecule has 0 aromatic carbocycles. The third-order valence-electron chi connectivity index (χ3n) is 3.72. The molecule has 0 unspecified atom stereocenters. The molecule has 8 heteroatoms. The Kier molecular flexibility index (Phi) is 4.96.